The standard InChI is InChI=1S/C24H25N3O3S/c1-2-18-13-12-17(14-25-18)21-22(16-8-4-3-5-9-16)31-23(26-21)24(30)27(15-20(28)29)19-10-6-7-11-19/h3-5,8-9,12-14,19H,2,6-7,10-11,15H2,1H3,(H,28,29). The lowest BCUT2D eigenvalue weighted by molar-refractivity contribution is -0.138. The van der Waals surface area contributed by atoms with Crippen LogP contribution in [0.15, 0.2) is 48.7 Å². The number of aromatic nitrogens is 2. The quantitative estimate of drug-likeness (QED) is 0.570. The number of hydrogen-bond donors (Lipinski definition) is 1. The summed E-state index contributed by atoms with van der Waals surface area (Å²) in [7, 11) is 0. The molecule has 1 N–H and O–H groups in total. The second kappa shape index (κ2) is 9.39. The molecular weight excluding hydrogens is 410 g/mol. The van der Waals surface area contributed by atoms with Gasteiger partial charge in [0.25, 0.3) is 5.91 Å². The summed E-state index contributed by atoms with van der Waals surface area (Å²) in [5.41, 5.74) is 3.51. The van der Waals surface area contributed by atoms with Gasteiger partial charge in [-0.3, -0.25) is 14.6 Å². The van der Waals surface area contributed by atoms with Crippen LogP contribution in [0.1, 0.15) is 48.1 Å². The zero-order chi connectivity index (χ0) is 21.8. The summed E-state index contributed by atoms with van der Waals surface area (Å²) >= 11 is 1.32. The van der Waals surface area contributed by atoms with E-state index in [0.29, 0.717) is 10.7 Å². The molecule has 7 heteroatoms. The summed E-state index contributed by atoms with van der Waals surface area (Å²) in [5.74, 6) is -1.31. The van der Waals surface area contributed by atoms with E-state index in [9.17, 15) is 14.7 Å². The summed E-state index contributed by atoms with van der Waals surface area (Å²) in [6.45, 7) is 1.75. The minimum Gasteiger partial charge on any atom is -0.480 e. The Hall–Kier alpha value is -3.06. The van der Waals surface area contributed by atoms with E-state index < -0.39 is 5.97 Å². The second-order valence-electron chi connectivity index (χ2n) is 7.72. The highest BCUT2D eigenvalue weighted by atomic mass is 32.1. The number of carboxylic acid groups (broad SMARTS) is 1. The molecule has 0 aliphatic heterocycles. The van der Waals surface area contributed by atoms with Crippen LogP contribution in [0.5, 0.6) is 0 Å². The predicted octanol–water partition coefficient (Wildman–Crippen LogP) is 4.90. The maximum absolute atomic E-state index is 13.4. The van der Waals surface area contributed by atoms with Gasteiger partial charge < -0.3 is 10.0 Å². The number of benzene rings is 1. The van der Waals surface area contributed by atoms with Crippen molar-refractivity contribution < 1.29 is 14.7 Å². The van der Waals surface area contributed by atoms with E-state index in [2.05, 4.69) is 11.9 Å². The fourth-order valence-corrected chi connectivity index (χ4v) is 5.07. The van der Waals surface area contributed by atoms with Crippen LogP contribution in [0, 0.1) is 0 Å². The van der Waals surface area contributed by atoms with Crippen LogP contribution in [0.25, 0.3) is 21.7 Å². The molecule has 0 bridgehead atoms. The number of carbonyl (C=O) groups excluding carboxylic acids is 1. The van der Waals surface area contributed by atoms with Crippen molar-refractivity contribution in [2.45, 2.75) is 45.1 Å². The normalized spacial score (nSPS) is 14.0. The zero-order valence-corrected chi connectivity index (χ0v) is 18.3. The van der Waals surface area contributed by atoms with E-state index in [1.165, 1.54) is 16.2 Å². The summed E-state index contributed by atoms with van der Waals surface area (Å²) in [5, 5.41) is 9.71. The lowest BCUT2D eigenvalue weighted by atomic mass is 10.1. The van der Waals surface area contributed by atoms with Crippen LogP contribution in [-0.4, -0.2) is 44.4 Å². The Morgan fingerprint density at radius 3 is 2.45 bits per heavy atom. The molecule has 2 aromatic heterocycles. The highest BCUT2D eigenvalue weighted by molar-refractivity contribution is 7.17. The van der Waals surface area contributed by atoms with E-state index in [1.54, 1.807) is 6.20 Å². The number of pyridine rings is 1. The molecule has 1 aliphatic rings. The second-order valence-corrected chi connectivity index (χ2v) is 8.72. The minimum absolute atomic E-state index is 0.0402. The maximum atomic E-state index is 13.4. The Kier molecular flexibility index (Phi) is 6.42. The monoisotopic (exact) mass is 435 g/mol. The van der Waals surface area contributed by atoms with Crippen LogP contribution in [0.2, 0.25) is 0 Å². The van der Waals surface area contributed by atoms with Crippen LogP contribution in [0.3, 0.4) is 0 Å². The van der Waals surface area contributed by atoms with Gasteiger partial charge in [0.1, 0.15) is 6.54 Å². The molecule has 4 rings (SSSR count). The lowest BCUT2D eigenvalue weighted by Crippen LogP contribution is -2.42. The molecule has 0 atom stereocenters. The molecule has 1 aromatic carbocycles. The molecule has 2 heterocycles. The third kappa shape index (κ3) is 4.66. The zero-order valence-electron chi connectivity index (χ0n) is 17.5. The number of rotatable bonds is 7. The topological polar surface area (TPSA) is 83.4 Å². The molecule has 0 radical (unpaired) electrons. The Labute approximate surface area is 185 Å². The van der Waals surface area contributed by atoms with E-state index in [0.717, 1.165) is 53.8 Å². The molecular formula is C24H25N3O3S. The summed E-state index contributed by atoms with van der Waals surface area (Å²) < 4.78 is 0. The van der Waals surface area contributed by atoms with Gasteiger partial charge in [-0.25, -0.2) is 4.98 Å². The molecule has 0 saturated heterocycles. The minimum atomic E-state index is -1.00. The van der Waals surface area contributed by atoms with Crippen LogP contribution in [0.4, 0.5) is 0 Å². The van der Waals surface area contributed by atoms with Gasteiger partial charge in [-0.1, -0.05) is 50.1 Å². The average Bonchev–Trinajstić information content (AvgIpc) is 3.48. The van der Waals surface area contributed by atoms with Crippen LogP contribution in [-0.2, 0) is 11.2 Å². The van der Waals surface area contributed by atoms with Crippen molar-refractivity contribution in [1.29, 1.82) is 0 Å². The Balaban J connectivity index is 1.76. The molecule has 1 fully saturated rings. The number of thiazole rings is 1. The summed E-state index contributed by atoms with van der Waals surface area (Å²) in [4.78, 5) is 36.4. The first-order chi connectivity index (χ1) is 15.1. The predicted molar refractivity (Wildman–Crippen MR) is 121 cm³/mol. The Bertz CT molecular complexity index is 1060. The van der Waals surface area contributed by atoms with Gasteiger partial charge in [0.2, 0.25) is 0 Å². The van der Waals surface area contributed by atoms with Crippen molar-refractivity contribution in [3.63, 3.8) is 0 Å². The van der Waals surface area contributed by atoms with Crippen molar-refractivity contribution in [3.05, 3.63) is 59.4 Å². The van der Waals surface area contributed by atoms with Gasteiger partial charge in [-0.2, -0.15) is 0 Å². The van der Waals surface area contributed by atoms with Crippen molar-refractivity contribution in [2.24, 2.45) is 0 Å². The number of aryl methyl sites for hydroxylation is 1. The molecule has 31 heavy (non-hydrogen) atoms. The number of hydrogen-bond acceptors (Lipinski definition) is 5. The Morgan fingerprint density at radius 2 is 1.84 bits per heavy atom. The van der Waals surface area contributed by atoms with Gasteiger partial charge in [0.05, 0.1) is 10.6 Å². The molecule has 0 spiro atoms. The summed E-state index contributed by atoms with van der Waals surface area (Å²) in [6.07, 6.45) is 6.35. The molecule has 1 aliphatic carbocycles. The van der Waals surface area contributed by atoms with Gasteiger partial charge in [-0.05, 0) is 37.0 Å². The lowest BCUT2D eigenvalue weighted by Gasteiger charge is -2.26. The first kappa shape index (κ1) is 21.2. The first-order valence-corrected chi connectivity index (χ1v) is 11.4. The van der Waals surface area contributed by atoms with Crippen molar-refractivity contribution in [2.75, 3.05) is 6.54 Å². The Morgan fingerprint density at radius 1 is 1.10 bits per heavy atom. The molecule has 6 nitrogen and oxygen atoms in total. The molecule has 1 amide bonds. The van der Waals surface area contributed by atoms with E-state index in [4.69, 9.17) is 4.98 Å². The summed E-state index contributed by atoms with van der Waals surface area (Å²) in [6, 6.07) is 13.7. The number of nitrogens with zero attached hydrogens (tertiary/aromatic N) is 3. The third-order valence-corrected chi connectivity index (χ3v) is 6.73. The van der Waals surface area contributed by atoms with Crippen molar-refractivity contribution in [3.8, 4) is 21.7 Å². The SMILES string of the molecule is CCc1ccc(-c2nc(C(=O)N(CC(=O)O)C3CCCC3)sc2-c2ccccc2)cn1. The fourth-order valence-electron chi connectivity index (χ4n) is 4.02. The van der Waals surface area contributed by atoms with E-state index >= 15 is 0 Å². The number of amides is 1. The van der Waals surface area contributed by atoms with Crippen LogP contribution >= 0.6 is 11.3 Å². The number of carbonyl (C=O) groups is 2. The largest absolute Gasteiger partial charge is 0.480 e. The van der Waals surface area contributed by atoms with E-state index in [1.807, 2.05) is 42.5 Å². The number of aliphatic carboxylic acids is 1. The maximum Gasteiger partial charge on any atom is 0.323 e. The van der Waals surface area contributed by atoms with Gasteiger partial charge in [0.15, 0.2) is 5.01 Å². The molecule has 160 valence electrons. The van der Waals surface area contributed by atoms with Crippen molar-refractivity contribution in [1.82, 2.24) is 14.9 Å². The smallest absolute Gasteiger partial charge is 0.323 e. The molecule has 3 aromatic rings. The van der Waals surface area contributed by atoms with E-state index in [-0.39, 0.29) is 18.5 Å². The van der Waals surface area contributed by atoms with Gasteiger partial charge >= 0.3 is 5.97 Å². The first-order valence-electron chi connectivity index (χ1n) is 10.6. The van der Waals surface area contributed by atoms with Gasteiger partial charge in [-0.15, -0.1) is 11.3 Å². The van der Waals surface area contributed by atoms with Crippen molar-refractivity contribution >= 4 is 23.2 Å². The number of carboxylic acids is 1. The molecule has 1 saturated carbocycles. The van der Waals surface area contributed by atoms with Crippen LogP contribution < -0.4 is 0 Å². The molecule has 0 unspecified atom stereocenters. The fraction of sp³-hybridized carbons (Fsp3) is 0.333. The third-order valence-electron chi connectivity index (χ3n) is 5.64. The highest BCUT2D eigenvalue weighted by Gasteiger charge is 2.31. The van der Waals surface area contributed by atoms with Gasteiger partial charge in [0, 0.05) is 23.5 Å². The average molecular weight is 436 g/mol. The highest BCUT2D eigenvalue weighted by Crippen LogP contribution is 2.37.